The van der Waals surface area contributed by atoms with E-state index >= 15 is 0 Å². The van der Waals surface area contributed by atoms with E-state index in [2.05, 4.69) is 5.32 Å². The normalized spacial score (nSPS) is 11.5. The van der Waals surface area contributed by atoms with E-state index in [9.17, 15) is 4.79 Å². The second-order valence-corrected chi connectivity index (χ2v) is 7.34. The van der Waals surface area contributed by atoms with E-state index in [0.717, 1.165) is 16.0 Å². The SMILES string of the molecule is COc1cc(CNC(=O)C(Sc2ccccc2)c2ccccc2)cc(OC)c1. The van der Waals surface area contributed by atoms with Crippen molar-refractivity contribution in [2.24, 2.45) is 0 Å². The Balaban J connectivity index is 1.76. The van der Waals surface area contributed by atoms with Crippen molar-refractivity contribution in [1.82, 2.24) is 5.32 Å². The average molecular weight is 394 g/mol. The number of amides is 1. The molecule has 0 saturated heterocycles. The summed E-state index contributed by atoms with van der Waals surface area (Å²) in [7, 11) is 3.22. The molecular weight excluding hydrogens is 370 g/mol. The standard InChI is InChI=1S/C23H23NO3S/c1-26-19-13-17(14-20(15-19)27-2)16-24-23(25)22(18-9-5-3-6-10-18)28-21-11-7-4-8-12-21/h3-15,22H,16H2,1-2H3,(H,24,25). The maximum atomic E-state index is 13.0. The highest BCUT2D eigenvalue weighted by atomic mass is 32.2. The Kier molecular flexibility index (Phi) is 6.98. The first-order valence-corrected chi connectivity index (χ1v) is 9.84. The lowest BCUT2D eigenvalue weighted by Gasteiger charge is -2.17. The van der Waals surface area contributed by atoms with E-state index in [1.54, 1.807) is 14.2 Å². The highest BCUT2D eigenvalue weighted by Gasteiger charge is 2.21. The number of hydrogen-bond donors (Lipinski definition) is 1. The molecule has 0 spiro atoms. The van der Waals surface area contributed by atoms with Crippen molar-refractivity contribution >= 4 is 17.7 Å². The molecule has 0 aliphatic heterocycles. The van der Waals surface area contributed by atoms with Crippen LogP contribution in [-0.2, 0) is 11.3 Å². The average Bonchev–Trinajstić information content (AvgIpc) is 2.76. The van der Waals surface area contributed by atoms with E-state index in [1.165, 1.54) is 11.8 Å². The van der Waals surface area contributed by atoms with Crippen molar-refractivity contribution in [2.75, 3.05) is 14.2 Å². The predicted octanol–water partition coefficient (Wildman–Crippen LogP) is 4.85. The van der Waals surface area contributed by atoms with Gasteiger partial charge in [0.05, 0.1) is 14.2 Å². The monoisotopic (exact) mass is 393 g/mol. The smallest absolute Gasteiger partial charge is 0.238 e. The molecule has 1 atom stereocenters. The van der Waals surface area contributed by atoms with E-state index in [4.69, 9.17) is 9.47 Å². The van der Waals surface area contributed by atoms with Gasteiger partial charge in [-0.3, -0.25) is 4.79 Å². The third kappa shape index (κ3) is 5.30. The Morgan fingerprint density at radius 3 is 2.04 bits per heavy atom. The third-order valence-electron chi connectivity index (χ3n) is 4.22. The molecule has 28 heavy (non-hydrogen) atoms. The fourth-order valence-corrected chi connectivity index (χ4v) is 3.86. The van der Waals surface area contributed by atoms with Gasteiger partial charge in [0.15, 0.2) is 0 Å². The van der Waals surface area contributed by atoms with Crippen molar-refractivity contribution < 1.29 is 14.3 Å². The number of methoxy groups -OCH3 is 2. The van der Waals surface area contributed by atoms with Gasteiger partial charge in [0.1, 0.15) is 16.7 Å². The van der Waals surface area contributed by atoms with Gasteiger partial charge >= 0.3 is 0 Å². The molecule has 3 aromatic rings. The van der Waals surface area contributed by atoms with Crippen LogP contribution in [0.3, 0.4) is 0 Å². The van der Waals surface area contributed by atoms with E-state index in [1.807, 2.05) is 78.9 Å². The summed E-state index contributed by atoms with van der Waals surface area (Å²) in [6.45, 7) is 0.394. The van der Waals surface area contributed by atoms with E-state index in [-0.39, 0.29) is 11.2 Å². The van der Waals surface area contributed by atoms with Gasteiger partial charge in [-0.05, 0) is 35.4 Å². The topological polar surface area (TPSA) is 47.6 Å². The summed E-state index contributed by atoms with van der Waals surface area (Å²) in [4.78, 5) is 14.1. The predicted molar refractivity (Wildman–Crippen MR) is 113 cm³/mol. The van der Waals surface area contributed by atoms with Crippen LogP contribution in [0.5, 0.6) is 11.5 Å². The summed E-state index contributed by atoms with van der Waals surface area (Å²) in [5.74, 6) is 1.35. The first kappa shape index (κ1) is 19.8. The molecule has 0 aliphatic rings. The number of nitrogens with one attached hydrogen (secondary N) is 1. The summed E-state index contributed by atoms with van der Waals surface area (Å²) in [6, 6.07) is 25.4. The van der Waals surface area contributed by atoms with Crippen LogP contribution >= 0.6 is 11.8 Å². The summed E-state index contributed by atoms with van der Waals surface area (Å²) in [5, 5.41) is 2.71. The maximum absolute atomic E-state index is 13.0. The second-order valence-electron chi connectivity index (χ2n) is 6.16. The van der Waals surface area contributed by atoms with Gasteiger partial charge in [0.2, 0.25) is 5.91 Å². The van der Waals surface area contributed by atoms with Gasteiger partial charge in [0, 0.05) is 17.5 Å². The first-order valence-electron chi connectivity index (χ1n) is 8.96. The van der Waals surface area contributed by atoms with Crippen LogP contribution in [0.25, 0.3) is 0 Å². The van der Waals surface area contributed by atoms with Crippen LogP contribution in [0.4, 0.5) is 0 Å². The number of benzene rings is 3. The lowest BCUT2D eigenvalue weighted by Crippen LogP contribution is -2.27. The minimum absolute atomic E-state index is 0.0400. The van der Waals surface area contributed by atoms with Crippen LogP contribution in [0.15, 0.2) is 83.8 Å². The molecule has 3 aromatic carbocycles. The molecule has 144 valence electrons. The van der Waals surface area contributed by atoms with Crippen molar-refractivity contribution in [3.05, 3.63) is 90.0 Å². The minimum atomic E-state index is -0.337. The molecule has 0 bridgehead atoms. The Bertz CT molecular complexity index is 878. The molecule has 0 heterocycles. The van der Waals surface area contributed by atoms with Gasteiger partial charge in [0.25, 0.3) is 0 Å². The molecule has 1 amide bonds. The lowest BCUT2D eigenvalue weighted by molar-refractivity contribution is -0.120. The molecule has 1 unspecified atom stereocenters. The summed E-state index contributed by atoms with van der Waals surface area (Å²) in [5.41, 5.74) is 1.89. The molecule has 3 rings (SSSR count). The Hall–Kier alpha value is -2.92. The minimum Gasteiger partial charge on any atom is -0.497 e. The van der Waals surface area contributed by atoms with Crippen LogP contribution in [0, 0.1) is 0 Å². The van der Waals surface area contributed by atoms with Crippen molar-refractivity contribution in [2.45, 2.75) is 16.7 Å². The molecule has 0 saturated carbocycles. The number of carbonyl (C=O) groups excluding carboxylic acids is 1. The summed E-state index contributed by atoms with van der Waals surface area (Å²) < 4.78 is 10.6. The van der Waals surface area contributed by atoms with E-state index in [0.29, 0.717) is 18.0 Å². The first-order chi connectivity index (χ1) is 13.7. The zero-order valence-corrected chi connectivity index (χ0v) is 16.7. The number of ether oxygens (including phenoxy) is 2. The van der Waals surface area contributed by atoms with Crippen molar-refractivity contribution in [1.29, 1.82) is 0 Å². The van der Waals surface area contributed by atoms with E-state index < -0.39 is 0 Å². The highest BCUT2D eigenvalue weighted by molar-refractivity contribution is 8.00. The molecule has 5 heteroatoms. The summed E-state index contributed by atoms with van der Waals surface area (Å²) in [6.07, 6.45) is 0. The highest BCUT2D eigenvalue weighted by Crippen LogP contribution is 2.35. The summed E-state index contributed by atoms with van der Waals surface area (Å²) >= 11 is 1.54. The fourth-order valence-electron chi connectivity index (χ4n) is 2.79. The molecule has 0 radical (unpaired) electrons. The van der Waals surface area contributed by atoms with Crippen LogP contribution < -0.4 is 14.8 Å². The maximum Gasteiger partial charge on any atom is 0.238 e. The third-order valence-corrected chi connectivity index (χ3v) is 5.48. The van der Waals surface area contributed by atoms with Crippen molar-refractivity contribution in [3.8, 4) is 11.5 Å². The van der Waals surface area contributed by atoms with Gasteiger partial charge < -0.3 is 14.8 Å². The van der Waals surface area contributed by atoms with Crippen molar-refractivity contribution in [3.63, 3.8) is 0 Å². The number of thioether (sulfide) groups is 1. The lowest BCUT2D eigenvalue weighted by atomic mass is 10.1. The Morgan fingerprint density at radius 2 is 1.46 bits per heavy atom. The van der Waals surface area contributed by atoms with Gasteiger partial charge in [-0.25, -0.2) is 0 Å². The van der Waals surface area contributed by atoms with Crippen LogP contribution in [-0.4, -0.2) is 20.1 Å². The van der Waals surface area contributed by atoms with Gasteiger partial charge in [-0.15, -0.1) is 11.8 Å². The Morgan fingerprint density at radius 1 is 0.893 bits per heavy atom. The molecular formula is C23H23NO3S. The van der Waals surface area contributed by atoms with Crippen LogP contribution in [0.2, 0.25) is 0 Å². The zero-order chi connectivity index (χ0) is 19.8. The molecule has 4 nitrogen and oxygen atoms in total. The fraction of sp³-hybridized carbons (Fsp3) is 0.174. The number of hydrogen-bond acceptors (Lipinski definition) is 4. The quantitative estimate of drug-likeness (QED) is 0.556. The number of carbonyl (C=O) groups is 1. The number of rotatable bonds is 8. The molecule has 1 N–H and O–H groups in total. The molecule has 0 aliphatic carbocycles. The zero-order valence-electron chi connectivity index (χ0n) is 15.9. The molecule has 0 aromatic heterocycles. The van der Waals surface area contributed by atoms with Gasteiger partial charge in [-0.1, -0.05) is 48.5 Å². The molecule has 0 fully saturated rings. The largest absolute Gasteiger partial charge is 0.497 e. The van der Waals surface area contributed by atoms with Gasteiger partial charge in [-0.2, -0.15) is 0 Å². The Labute approximate surface area is 169 Å². The second kappa shape index (κ2) is 9.85. The van der Waals surface area contributed by atoms with Crippen LogP contribution in [0.1, 0.15) is 16.4 Å².